The molecule has 5 heteroatoms. The van der Waals surface area contributed by atoms with E-state index in [0.29, 0.717) is 11.4 Å². The van der Waals surface area contributed by atoms with Crippen LogP contribution in [-0.2, 0) is 14.3 Å². The van der Waals surface area contributed by atoms with Gasteiger partial charge in [-0.15, -0.1) is 0 Å². The highest BCUT2D eigenvalue weighted by Gasteiger charge is 2.09. The molecular weight excluding hydrogens is 294 g/mol. The van der Waals surface area contributed by atoms with Crippen molar-refractivity contribution < 1.29 is 19.1 Å². The number of ether oxygens (including phenoxy) is 2. The summed E-state index contributed by atoms with van der Waals surface area (Å²) in [6.45, 7) is 3.31. The van der Waals surface area contributed by atoms with Crippen molar-refractivity contribution in [3.63, 3.8) is 0 Å². The molecule has 0 spiro atoms. The summed E-state index contributed by atoms with van der Waals surface area (Å²) in [6, 6.07) is 14.7. The van der Waals surface area contributed by atoms with Gasteiger partial charge in [0, 0.05) is 5.69 Å². The van der Waals surface area contributed by atoms with E-state index in [1.54, 1.807) is 18.2 Å². The van der Waals surface area contributed by atoms with Gasteiger partial charge in [-0.1, -0.05) is 29.8 Å². The first-order chi connectivity index (χ1) is 11.0. The fraction of sp³-hybridized carbons (Fsp3) is 0.222. The molecule has 0 unspecified atom stereocenters. The molecule has 0 saturated heterocycles. The lowest BCUT2D eigenvalue weighted by atomic mass is 10.2. The second kappa shape index (κ2) is 7.98. The Hall–Kier alpha value is -2.82. The lowest BCUT2D eigenvalue weighted by Gasteiger charge is -2.08. The molecule has 120 valence electrons. The first kappa shape index (κ1) is 16.5. The van der Waals surface area contributed by atoms with Crippen molar-refractivity contribution in [2.45, 2.75) is 13.8 Å². The van der Waals surface area contributed by atoms with Gasteiger partial charge in [-0.3, -0.25) is 4.79 Å². The number of nitrogens with one attached hydrogen (secondary N) is 1. The third-order valence-corrected chi connectivity index (χ3v) is 3.05. The van der Waals surface area contributed by atoms with Crippen LogP contribution in [0.5, 0.6) is 5.75 Å². The van der Waals surface area contributed by atoms with Crippen LogP contribution in [0.15, 0.2) is 48.5 Å². The van der Waals surface area contributed by atoms with Crippen molar-refractivity contribution in [1.29, 1.82) is 0 Å². The fourth-order valence-electron chi connectivity index (χ4n) is 1.87. The van der Waals surface area contributed by atoms with E-state index in [9.17, 15) is 9.59 Å². The highest BCUT2D eigenvalue weighted by Crippen LogP contribution is 2.12. The van der Waals surface area contributed by atoms with Crippen molar-refractivity contribution in [3.05, 3.63) is 59.7 Å². The monoisotopic (exact) mass is 313 g/mol. The summed E-state index contributed by atoms with van der Waals surface area (Å²) in [4.78, 5) is 23.3. The van der Waals surface area contributed by atoms with Crippen LogP contribution in [0.1, 0.15) is 11.1 Å². The van der Waals surface area contributed by atoms with Crippen LogP contribution >= 0.6 is 0 Å². The number of carbonyl (C=O) groups excluding carboxylic acids is 2. The molecule has 23 heavy (non-hydrogen) atoms. The summed E-state index contributed by atoms with van der Waals surface area (Å²) in [5, 5.41) is 2.65. The first-order valence-electron chi connectivity index (χ1n) is 7.24. The van der Waals surface area contributed by atoms with E-state index in [-0.39, 0.29) is 13.2 Å². The maximum Gasteiger partial charge on any atom is 0.344 e. The van der Waals surface area contributed by atoms with Crippen molar-refractivity contribution in [2.24, 2.45) is 0 Å². The summed E-state index contributed by atoms with van der Waals surface area (Å²) in [6.07, 6.45) is 0. The lowest BCUT2D eigenvalue weighted by molar-refractivity contribution is -0.149. The molecular formula is C18H19NO4. The summed E-state index contributed by atoms with van der Waals surface area (Å²) in [5.74, 6) is -0.394. The largest absolute Gasteiger partial charge is 0.482 e. The number of carbonyl (C=O) groups is 2. The smallest absolute Gasteiger partial charge is 0.344 e. The Labute approximate surface area is 135 Å². The molecule has 0 aliphatic rings. The minimum absolute atomic E-state index is 0.235. The molecule has 1 amide bonds. The third-order valence-electron chi connectivity index (χ3n) is 3.05. The lowest BCUT2D eigenvalue weighted by Crippen LogP contribution is -2.23. The van der Waals surface area contributed by atoms with Crippen LogP contribution in [0.2, 0.25) is 0 Å². The van der Waals surface area contributed by atoms with Crippen LogP contribution in [0.3, 0.4) is 0 Å². The van der Waals surface area contributed by atoms with Crippen LogP contribution in [0, 0.1) is 13.8 Å². The first-order valence-corrected chi connectivity index (χ1v) is 7.24. The quantitative estimate of drug-likeness (QED) is 0.833. The van der Waals surface area contributed by atoms with Gasteiger partial charge < -0.3 is 14.8 Å². The maximum absolute atomic E-state index is 11.7. The molecule has 0 aromatic heterocycles. The van der Waals surface area contributed by atoms with Gasteiger partial charge in [0.2, 0.25) is 0 Å². The zero-order valence-electron chi connectivity index (χ0n) is 13.2. The molecule has 1 N–H and O–H groups in total. The zero-order valence-corrected chi connectivity index (χ0v) is 13.2. The van der Waals surface area contributed by atoms with E-state index < -0.39 is 11.9 Å². The van der Waals surface area contributed by atoms with E-state index in [0.717, 1.165) is 11.1 Å². The summed E-state index contributed by atoms with van der Waals surface area (Å²) in [5.41, 5.74) is 2.80. The minimum Gasteiger partial charge on any atom is -0.482 e. The Balaban J connectivity index is 1.71. The number of hydrogen-bond acceptors (Lipinski definition) is 4. The number of amides is 1. The Kier molecular flexibility index (Phi) is 5.74. The van der Waals surface area contributed by atoms with Gasteiger partial charge in [-0.2, -0.15) is 0 Å². The standard InChI is InChI=1S/C18H19NO4/c1-13-6-8-15(9-7-13)19-17(20)11-23-18(21)12-22-16-5-3-4-14(2)10-16/h3-10H,11-12H2,1-2H3,(H,19,20). The highest BCUT2D eigenvalue weighted by molar-refractivity contribution is 5.92. The van der Waals surface area contributed by atoms with Crippen molar-refractivity contribution >= 4 is 17.6 Å². The van der Waals surface area contributed by atoms with Gasteiger partial charge in [0.05, 0.1) is 0 Å². The summed E-state index contributed by atoms with van der Waals surface area (Å²) < 4.78 is 10.2. The van der Waals surface area contributed by atoms with E-state index in [1.165, 1.54) is 0 Å². The Morgan fingerprint density at radius 3 is 2.39 bits per heavy atom. The molecule has 0 saturated carbocycles. The van der Waals surface area contributed by atoms with Crippen LogP contribution in [0.4, 0.5) is 5.69 Å². The van der Waals surface area contributed by atoms with Gasteiger partial charge in [0.15, 0.2) is 13.2 Å². The van der Waals surface area contributed by atoms with Crippen molar-refractivity contribution in [1.82, 2.24) is 0 Å². The predicted molar refractivity (Wildman–Crippen MR) is 87.4 cm³/mol. The third kappa shape index (κ3) is 5.82. The van der Waals surface area contributed by atoms with Crippen LogP contribution in [0.25, 0.3) is 0 Å². The molecule has 0 atom stereocenters. The van der Waals surface area contributed by atoms with Crippen LogP contribution < -0.4 is 10.1 Å². The molecule has 2 rings (SSSR count). The van der Waals surface area contributed by atoms with E-state index in [1.807, 2.05) is 44.2 Å². The second-order valence-electron chi connectivity index (χ2n) is 5.18. The summed E-state index contributed by atoms with van der Waals surface area (Å²) >= 11 is 0. The van der Waals surface area contributed by atoms with Crippen molar-refractivity contribution in [2.75, 3.05) is 18.5 Å². The molecule has 0 aliphatic carbocycles. The SMILES string of the molecule is Cc1ccc(NC(=O)COC(=O)COc2cccc(C)c2)cc1. The molecule has 0 fully saturated rings. The highest BCUT2D eigenvalue weighted by atomic mass is 16.6. The molecule has 2 aromatic carbocycles. The molecule has 5 nitrogen and oxygen atoms in total. The van der Waals surface area contributed by atoms with E-state index >= 15 is 0 Å². The topological polar surface area (TPSA) is 64.6 Å². The molecule has 0 radical (unpaired) electrons. The number of benzene rings is 2. The van der Waals surface area contributed by atoms with Gasteiger partial charge in [-0.25, -0.2) is 4.79 Å². The maximum atomic E-state index is 11.7. The average molecular weight is 313 g/mol. The second-order valence-corrected chi connectivity index (χ2v) is 5.18. The van der Waals surface area contributed by atoms with Gasteiger partial charge >= 0.3 is 5.97 Å². The van der Waals surface area contributed by atoms with E-state index in [4.69, 9.17) is 9.47 Å². The van der Waals surface area contributed by atoms with Crippen LogP contribution in [-0.4, -0.2) is 25.1 Å². The minimum atomic E-state index is -0.592. The molecule has 0 bridgehead atoms. The number of rotatable bonds is 6. The van der Waals surface area contributed by atoms with Crippen molar-refractivity contribution in [3.8, 4) is 5.75 Å². The molecule has 2 aromatic rings. The number of aryl methyl sites for hydroxylation is 2. The Morgan fingerprint density at radius 2 is 1.70 bits per heavy atom. The number of anilines is 1. The Morgan fingerprint density at radius 1 is 0.957 bits per heavy atom. The number of esters is 1. The average Bonchev–Trinajstić information content (AvgIpc) is 2.53. The van der Waals surface area contributed by atoms with E-state index in [2.05, 4.69) is 5.32 Å². The molecule has 0 aliphatic heterocycles. The van der Waals surface area contributed by atoms with Gasteiger partial charge in [-0.05, 0) is 43.7 Å². The number of hydrogen-bond donors (Lipinski definition) is 1. The molecule has 0 heterocycles. The summed E-state index contributed by atoms with van der Waals surface area (Å²) in [7, 11) is 0. The van der Waals surface area contributed by atoms with Gasteiger partial charge in [0.1, 0.15) is 5.75 Å². The normalized spacial score (nSPS) is 10.0. The van der Waals surface area contributed by atoms with Gasteiger partial charge in [0.25, 0.3) is 5.91 Å². The predicted octanol–water partition coefficient (Wildman–Crippen LogP) is 2.86. The zero-order chi connectivity index (χ0) is 16.7. The Bertz CT molecular complexity index is 680. The fourth-order valence-corrected chi connectivity index (χ4v) is 1.87.